The smallest absolute Gasteiger partial charge is 0.325 e. The highest BCUT2D eigenvalue weighted by Gasteiger charge is 2.22. The highest BCUT2D eigenvalue weighted by Crippen LogP contribution is 1.96. The fourth-order valence-electron chi connectivity index (χ4n) is 2.20. The molecular formula is C16H26N4O10. The minimum atomic E-state index is -1.28. The summed E-state index contributed by atoms with van der Waals surface area (Å²) in [5.74, 6) is -6.59. The van der Waals surface area contributed by atoms with Crippen LogP contribution in [-0.2, 0) is 28.8 Å². The Morgan fingerprint density at radius 3 is 1.17 bits per heavy atom. The van der Waals surface area contributed by atoms with Gasteiger partial charge in [0.15, 0.2) is 0 Å². The van der Waals surface area contributed by atoms with Gasteiger partial charge in [-0.1, -0.05) is 0 Å². The maximum absolute atomic E-state index is 11.9. The molecule has 170 valence electrons. The van der Waals surface area contributed by atoms with Gasteiger partial charge in [0.2, 0.25) is 11.8 Å². The van der Waals surface area contributed by atoms with Crippen LogP contribution in [0.1, 0.15) is 13.8 Å². The Balaban J connectivity index is 4.98. The van der Waals surface area contributed by atoms with Crippen molar-refractivity contribution in [1.82, 2.24) is 20.4 Å². The zero-order valence-electron chi connectivity index (χ0n) is 16.5. The Kier molecular flexibility index (Phi) is 11.6. The van der Waals surface area contributed by atoms with Crippen LogP contribution in [-0.4, -0.2) is 117 Å². The molecule has 0 heterocycles. The molecule has 0 saturated heterocycles. The number of carboxylic acid groups (broad SMARTS) is 4. The minimum Gasteiger partial charge on any atom is -0.480 e. The van der Waals surface area contributed by atoms with Gasteiger partial charge in [-0.05, 0) is 13.8 Å². The topological polar surface area (TPSA) is 214 Å². The first-order valence-corrected chi connectivity index (χ1v) is 8.74. The largest absolute Gasteiger partial charge is 0.480 e. The van der Waals surface area contributed by atoms with Crippen LogP contribution in [0.3, 0.4) is 0 Å². The molecule has 0 aliphatic heterocycles. The van der Waals surface area contributed by atoms with E-state index in [0.717, 1.165) is 9.80 Å². The molecule has 6 N–H and O–H groups in total. The lowest BCUT2D eigenvalue weighted by Gasteiger charge is -2.25. The van der Waals surface area contributed by atoms with E-state index in [1.807, 2.05) is 0 Å². The molecule has 2 amide bonds. The van der Waals surface area contributed by atoms with Gasteiger partial charge in [0, 0.05) is 13.1 Å². The molecule has 2 atom stereocenters. The lowest BCUT2D eigenvalue weighted by Crippen LogP contribution is -2.49. The van der Waals surface area contributed by atoms with Crippen LogP contribution in [0.15, 0.2) is 0 Å². The fraction of sp³-hybridized carbons (Fsp3) is 0.625. The number of amides is 2. The second-order valence-electron chi connectivity index (χ2n) is 6.46. The van der Waals surface area contributed by atoms with Gasteiger partial charge in [0.1, 0.15) is 12.1 Å². The second kappa shape index (κ2) is 13.1. The molecule has 0 aliphatic rings. The molecule has 0 spiro atoms. The summed E-state index contributed by atoms with van der Waals surface area (Å²) in [6, 6.07) is -2.37. The van der Waals surface area contributed by atoms with Gasteiger partial charge in [-0.2, -0.15) is 0 Å². The third-order valence-corrected chi connectivity index (χ3v) is 3.68. The second-order valence-corrected chi connectivity index (χ2v) is 6.46. The van der Waals surface area contributed by atoms with Crippen molar-refractivity contribution in [2.24, 2.45) is 0 Å². The van der Waals surface area contributed by atoms with Crippen molar-refractivity contribution in [2.75, 3.05) is 39.3 Å². The number of carboxylic acids is 4. The molecule has 30 heavy (non-hydrogen) atoms. The molecule has 0 aliphatic carbocycles. The average Bonchev–Trinajstić information content (AvgIpc) is 2.57. The van der Waals surface area contributed by atoms with Crippen LogP contribution < -0.4 is 10.6 Å². The van der Waals surface area contributed by atoms with E-state index in [2.05, 4.69) is 10.6 Å². The quantitative estimate of drug-likeness (QED) is 0.151. The molecule has 2 unspecified atom stereocenters. The Morgan fingerprint density at radius 2 is 0.933 bits per heavy atom. The van der Waals surface area contributed by atoms with Crippen molar-refractivity contribution < 1.29 is 49.2 Å². The van der Waals surface area contributed by atoms with Crippen LogP contribution in [0.2, 0.25) is 0 Å². The van der Waals surface area contributed by atoms with Crippen molar-refractivity contribution in [1.29, 1.82) is 0 Å². The molecule has 0 bridgehead atoms. The van der Waals surface area contributed by atoms with Crippen LogP contribution in [0.4, 0.5) is 0 Å². The normalized spacial score (nSPS) is 12.8. The number of carbonyl (C=O) groups is 6. The third-order valence-electron chi connectivity index (χ3n) is 3.68. The molecular weight excluding hydrogens is 408 g/mol. The van der Waals surface area contributed by atoms with E-state index in [1.165, 1.54) is 13.8 Å². The fourth-order valence-corrected chi connectivity index (χ4v) is 2.20. The maximum atomic E-state index is 11.9. The van der Waals surface area contributed by atoms with E-state index in [4.69, 9.17) is 20.4 Å². The average molecular weight is 434 g/mol. The lowest BCUT2D eigenvalue weighted by molar-refractivity contribution is -0.143. The van der Waals surface area contributed by atoms with E-state index in [0.29, 0.717) is 0 Å². The zero-order chi connectivity index (χ0) is 23.4. The zero-order valence-corrected chi connectivity index (χ0v) is 16.5. The number of nitrogens with one attached hydrogen (secondary N) is 2. The molecule has 0 aromatic carbocycles. The first-order chi connectivity index (χ1) is 13.8. The van der Waals surface area contributed by atoms with Crippen LogP contribution in [0.5, 0.6) is 0 Å². The predicted octanol–water partition coefficient (Wildman–Crippen LogP) is -3.06. The summed E-state index contributed by atoms with van der Waals surface area (Å²) in [4.78, 5) is 69.7. The number of hydrogen-bond acceptors (Lipinski definition) is 8. The van der Waals surface area contributed by atoms with Crippen molar-refractivity contribution in [3.63, 3.8) is 0 Å². The van der Waals surface area contributed by atoms with Crippen LogP contribution in [0, 0.1) is 0 Å². The molecule has 0 radical (unpaired) electrons. The Morgan fingerprint density at radius 1 is 0.633 bits per heavy atom. The molecule has 0 aromatic rings. The van der Waals surface area contributed by atoms with Gasteiger partial charge in [-0.15, -0.1) is 0 Å². The lowest BCUT2D eigenvalue weighted by atomic mass is 10.3. The molecule has 14 heteroatoms. The summed E-state index contributed by atoms with van der Waals surface area (Å²) in [7, 11) is 0. The van der Waals surface area contributed by atoms with Crippen molar-refractivity contribution in [2.45, 2.75) is 25.9 Å². The standard InChI is InChI=1S/C16H26N4O10/c1-9(15(27)28)17-11(21)5-19(7-13(23)24)3-4-20(8-14(25)26)6-12(22)18-10(2)16(29)30/h9-10H,3-8H2,1-2H3,(H,17,21)(H,18,22)(H,23,24)(H,25,26)(H,27,28)(H,29,30). The number of aliphatic carboxylic acids is 4. The Bertz CT molecular complexity index is 612. The molecule has 0 saturated carbocycles. The highest BCUT2D eigenvalue weighted by molar-refractivity contribution is 5.85. The van der Waals surface area contributed by atoms with Gasteiger partial charge < -0.3 is 31.1 Å². The summed E-state index contributed by atoms with van der Waals surface area (Å²) < 4.78 is 0. The van der Waals surface area contributed by atoms with E-state index < -0.39 is 74.0 Å². The van der Waals surface area contributed by atoms with Gasteiger partial charge in [0.05, 0.1) is 26.2 Å². The summed E-state index contributed by atoms with van der Waals surface area (Å²) in [5.41, 5.74) is 0. The van der Waals surface area contributed by atoms with Crippen molar-refractivity contribution in [3.05, 3.63) is 0 Å². The van der Waals surface area contributed by atoms with Crippen molar-refractivity contribution in [3.8, 4) is 0 Å². The summed E-state index contributed by atoms with van der Waals surface area (Å²) in [6.45, 7) is 0.100. The summed E-state index contributed by atoms with van der Waals surface area (Å²) in [5, 5.41) is 39.9. The summed E-state index contributed by atoms with van der Waals surface area (Å²) in [6.07, 6.45) is 0. The van der Waals surface area contributed by atoms with E-state index in [1.54, 1.807) is 0 Å². The monoisotopic (exact) mass is 434 g/mol. The predicted molar refractivity (Wildman–Crippen MR) is 98.6 cm³/mol. The number of hydrogen-bond donors (Lipinski definition) is 6. The molecule has 0 aromatic heterocycles. The van der Waals surface area contributed by atoms with Crippen LogP contribution >= 0.6 is 0 Å². The molecule has 0 fully saturated rings. The van der Waals surface area contributed by atoms with Crippen molar-refractivity contribution >= 4 is 35.7 Å². The van der Waals surface area contributed by atoms with E-state index >= 15 is 0 Å². The first-order valence-electron chi connectivity index (χ1n) is 8.74. The number of carbonyl (C=O) groups excluding carboxylic acids is 2. The SMILES string of the molecule is CC(NC(=O)CN(CCN(CC(=O)O)CC(=O)NC(C)C(=O)O)CC(=O)O)C(=O)O. The number of rotatable bonds is 15. The first kappa shape index (κ1) is 26.7. The minimum absolute atomic E-state index is 0.129. The number of nitrogens with zero attached hydrogens (tertiary/aromatic N) is 2. The van der Waals surface area contributed by atoms with Crippen LogP contribution in [0.25, 0.3) is 0 Å². The van der Waals surface area contributed by atoms with E-state index in [9.17, 15) is 28.8 Å². The molecule has 0 rings (SSSR count). The van der Waals surface area contributed by atoms with E-state index in [-0.39, 0.29) is 13.1 Å². The highest BCUT2D eigenvalue weighted by atomic mass is 16.4. The molecule has 14 nitrogen and oxygen atoms in total. The Labute approximate surface area is 171 Å². The van der Waals surface area contributed by atoms with Gasteiger partial charge in [0.25, 0.3) is 0 Å². The Hall–Kier alpha value is -3.26. The maximum Gasteiger partial charge on any atom is 0.325 e. The summed E-state index contributed by atoms with van der Waals surface area (Å²) >= 11 is 0. The third kappa shape index (κ3) is 12.2. The van der Waals surface area contributed by atoms with Gasteiger partial charge >= 0.3 is 23.9 Å². The van der Waals surface area contributed by atoms with Gasteiger partial charge in [-0.25, -0.2) is 0 Å². The van der Waals surface area contributed by atoms with Gasteiger partial charge in [-0.3, -0.25) is 38.6 Å².